The second-order valence-electron chi connectivity index (χ2n) is 10.8. The van der Waals surface area contributed by atoms with E-state index in [4.69, 9.17) is 0 Å². The lowest BCUT2D eigenvalue weighted by atomic mass is 9.48. The number of aliphatic hydroxyl groups excluding tert-OH is 1. The Balaban J connectivity index is 1.56. The number of nitrogens with zero attached hydrogens (tertiary/aromatic N) is 1. The molecule has 2 saturated carbocycles. The first kappa shape index (κ1) is 20.5. The maximum absolute atomic E-state index is 12.4. The molecule has 164 valence electrons. The molecule has 5 heteroatoms. The molecular weight excluding hydrogens is 376 g/mol. The van der Waals surface area contributed by atoms with Crippen molar-refractivity contribution in [3.8, 4) is 0 Å². The van der Waals surface area contributed by atoms with Crippen LogP contribution in [0.1, 0.15) is 62.6 Å². The van der Waals surface area contributed by atoms with Gasteiger partial charge in [0.15, 0.2) is 0 Å². The van der Waals surface area contributed by atoms with Crippen LogP contribution in [0.25, 0.3) is 0 Å². The molecule has 1 unspecified atom stereocenters. The maximum atomic E-state index is 12.4. The second kappa shape index (κ2) is 7.04. The van der Waals surface area contributed by atoms with E-state index in [-0.39, 0.29) is 17.9 Å². The van der Waals surface area contributed by atoms with Gasteiger partial charge in [0, 0.05) is 30.3 Å². The molecule has 3 fully saturated rings. The summed E-state index contributed by atoms with van der Waals surface area (Å²) in [4.78, 5) is 14.9. The smallest absolute Gasteiger partial charge is 0.222 e. The molecule has 3 aliphatic carbocycles. The molecule has 3 N–H and O–H groups in total. The van der Waals surface area contributed by atoms with Crippen molar-refractivity contribution in [2.24, 2.45) is 11.8 Å². The minimum Gasteiger partial charge on any atom is -0.391 e. The quantitative estimate of drug-likeness (QED) is 0.710. The number of rotatable bonds is 4. The minimum atomic E-state index is -0.935. The summed E-state index contributed by atoms with van der Waals surface area (Å²) in [6.07, 6.45) is 4.60. The average Bonchev–Trinajstić information content (AvgIpc) is 3.50. The van der Waals surface area contributed by atoms with Gasteiger partial charge in [-0.25, -0.2) is 0 Å². The Labute approximate surface area is 179 Å². The Morgan fingerprint density at radius 3 is 2.77 bits per heavy atom. The van der Waals surface area contributed by atoms with Gasteiger partial charge in [-0.2, -0.15) is 0 Å². The first-order chi connectivity index (χ1) is 14.2. The van der Waals surface area contributed by atoms with Crippen molar-refractivity contribution < 1.29 is 15.0 Å². The van der Waals surface area contributed by atoms with E-state index in [1.165, 1.54) is 29.5 Å². The van der Waals surface area contributed by atoms with E-state index in [0.29, 0.717) is 12.8 Å². The van der Waals surface area contributed by atoms with Crippen molar-refractivity contribution >= 4 is 5.91 Å². The Kier molecular flexibility index (Phi) is 4.81. The van der Waals surface area contributed by atoms with Crippen LogP contribution in [0.3, 0.4) is 0 Å². The Hall–Kier alpha value is -1.43. The number of amides is 1. The average molecular weight is 413 g/mol. The van der Waals surface area contributed by atoms with Crippen LogP contribution in [0.2, 0.25) is 0 Å². The highest BCUT2D eigenvalue weighted by atomic mass is 16.3. The summed E-state index contributed by atoms with van der Waals surface area (Å²) >= 11 is 0. The van der Waals surface area contributed by atoms with Crippen LogP contribution < -0.4 is 5.32 Å². The summed E-state index contributed by atoms with van der Waals surface area (Å²) in [7, 11) is 0. The number of carbonyl (C=O) groups is 1. The predicted molar refractivity (Wildman–Crippen MR) is 116 cm³/mol. The highest BCUT2D eigenvalue weighted by Gasteiger charge is 2.66. The number of aliphatic hydroxyl groups is 2. The number of likely N-dealkylation sites (tertiary alicyclic amines) is 1. The lowest BCUT2D eigenvalue weighted by Crippen LogP contribution is -2.76. The van der Waals surface area contributed by atoms with Crippen LogP contribution >= 0.6 is 0 Å². The van der Waals surface area contributed by atoms with E-state index in [9.17, 15) is 15.0 Å². The largest absolute Gasteiger partial charge is 0.391 e. The SMILES string of the molecule is Cc1ccc2c(c1)[C@]13CCN(CC4CC4)[C@H](C2)[C@]1(O)C[C@@H](NC(=O)C(C)C)C(O)C3. The van der Waals surface area contributed by atoms with Gasteiger partial charge in [0.2, 0.25) is 5.91 Å². The van der Waals surface area contributed by atoms with Crippen LogP contribution in [0, 0.1) is 18.8 Å². The van der Waals surface area contributed by atoms with Crippen LogP contribution in [0.4, 0.5) is 0 Å². The van der Waals surface area contributed by atoms with Gasteiger partial charge >= 0.3 is 0 Å². The molecule has 0 aromatic heterocycles. The van der Waals surface area contributed by atoms with Gasteiger partial charge in [-0.05, 0) is 62.6 Å². The van der Waals surface area contributed by atoms with Gasteiger partial charge in [-0.3, -0.25) is 9.69 Å². The molecule has 1 amide bonds. The molecule has 1 aliphatic heterocycles. The molecule has 1 aromatic rings. The fourth-order valence-electron chi connectivity index (χ4n) is 6.55. The lowest BCUT2D eigenvalue weighted by Gasteiger charge is -2.65. The third-order valence-electron chi connectivity index (χ3n) is 8.44. The highest BCUT2D eigenvalue weighted by molar-refractivity contribution is 5.78. The fraction of sp³-hybridized carbons (Fsp3) is 0.720. The van der Waals surface area contributed by atoms with Gasteiger partial charge in [0.05, 0.1) is 17.7 Å². The summed E-state index contributed by atoms with van der Waals surface area (Å²) in [5.41, 5.74) is 2.40. The summed E-state index contributed by atoms with van der Waals surface area (Å²) in [6.45, 7) is 7.89. The first-order valence-corrected chi connectivity index (χ1v) is 11.8. The zero-order chi connectivity index (χ0) is 21.3. The minimum absolute atomic E-state index is 0.0491. The first-order valence-electron chi connectivity index (χ1n) is 11.8. The van der Waals surface area contributed by atoms with Gasteiger partial charge in [0.1, 0.15) is 0 Å². The fourth-order valence-corrected chi connectivity index (χ4v) is 6.55. The molecule has 5 rings (SSSR count). The van der Waals surface area contributed by atoms with Crippen molar-refractivity contribution in [1.82, 2.24) is 10.2 Å². The summed E-state index contributed by atoms with van der Waals surface area (Å²) in [5.74, 6) is 0.583. The number of hydrogen-bond acceptors (Lipinski definition) is 4. The Bertz CT molecular complexity index is 851. The van der Waals surface area contributed by atoms with Gasteiger partial charge in [0.25, 0.3) is 0 Å². The third-order valence-corrected chi connectivity index (χ3v) is 8.44. The Morgan fingerprint density at radius 1 is 1.30 bits per heavy atom. The summed E-state index contributed by atoms with van der Waals surface area (Å²) in [5, 5.41) is 26.6. The normalized spacial score (nSPS) is 38.1. The zero-order valence-electron chi connectivity index (χ0n) is 18.5. The van der Waals surface area contributed by atoms with Crippen LogP contribution in [0.15, 0.2) is 18.2 Å². The third kappa shape index (κ3) is 3.04. The molecule has 4 aliphatic rings. The van der Waals surface area contributed by atoms with Gasteiger partial charge in [-0.15, -0.1) is 0 Å². The van der Waals surface area contributed by atoms with Gasteiger partial charge < -0.3 is 15.5 Å². The zero-order valence-corrected chi connectivity index (χ0v) is 18.5. The van der Waals surface area contributed by atoms with E-state index in [2.05, 4.69) is 35.3 Å². The topological polar surface area (TPSA) is 72.8 Å². The standard InChI is InChI=1S/C25H36N2O3/c1-15(2)23(29)26-20-12-25(30)22-11-18-7-4-16(3)10-19(18)24(25,13-21(20)28)8-9-27(22)14-17-5-6-17/h4,7,10,15,17,20-22,28,30H,5-6,8-9,11-14H2,1-3H3,(H,26,29)/t20-,21?,22-,24-,25-/m1/s1. The van der Waals surface area contributed by atoms with Crippen molar-refractivity contribution in [2.45, 2.75) is 88.5 Å². The van der Waals surface area contributed by atoms with Gasteiger partial charge in [-0.1, -0.05) is 37.6 Å². The molecule has 2 bridgehead atoms. The van der Waals surface area contributed by atoms with Crippen molar-refractivity contribution in [3.05, 3.63) is 34.9 Å². The van der Waals surface area contributed by atoms with Crippen molar-refractivity contribution in [1.29, 1.82) is 0 Å². The highest BCUT2D eigenvalue weighted by Crippen LogP contribution is 2.58. The van der Waals surface area contributed by atoms with Crippen molar-refractivity contribution in [2.75, 3.05) is 13.1 Å². The van der Waals surface area contributed by atoms with E-state index in [1.807, 2.05) is 13.8 Å². The second-order valence-corrected chi connectivity index (χ2v) is 10.8. The van der Waals surface area contributed by atoms with E-state index in [1.54, 1.807) is 0 Å². The molecule has 0 spiro atoms. The van der Waals surface area contributed by atoms with E-state index >= 15 is 0 Å². The summed E-state index contributed by atoms with van der Waals surface area (Å²) in [6, 6.07) is 6.30. The lowest BCUT2D eigenvalue weighted by molar-refractivity contribution is -0.190. The molecule has 0 radical (unpaired) electrons. The number of piperidine rings is 1. The molecule has 5 nitrogen and oxygen atoms in total. The van der Waals surface area contributed by atoms with Crippen LogP contribution in [-0.2, 0) is 16.6 Å². The number of carbonyl (C=O) groups excluding carboxylic acids is 1. The number of benzene rings is 1. The summed E-state index contributed by atoms with van der Waals surface area (Å²) < 4.78 is 0. The number of aryl methyl sites for hydroxylation is 1. The molecule has 1 heterocycles. The number of fused-ring (bicyclic) bond motifs is 1. The monoisotopic (exact) mass is 412 g/mol. The number of hydrogen-bond donors (Lipinski definition) is 3. The molecular formula is C25H36N2O3. The number of nitrogens with one attached hydrogen (secondary N) is 1. The van der Waals surface area contributed by atoms with E-state index < -0.39 is 23.2 Å². The van der Waals surface area contributed by atoms with E-state index in [0.717, 1.165) is 31.8 Å². The van der Waals surface area contributed by atoms with Crippen LogP contribution in [0.5, 0.6) is 0 Å². The predicted octanol–water partition coefficient (Wildman–Crippen LogP) is 2.30. The Morgan fingerprint density at radius 2 is 2.07 bits per heavy atom. The van der Waals surface area contributed by atoms with Crippen molar-refractivity contribution in [3.63, 3.8) is 0 Å². The molecule has 5 atom stereocenters. The molecule has 30 heavy (non-hydrogen) atoms. The molecule has 1 aromatic carbocycles. The molecule has 1 saturated heterocycles. The maximum Gasteiger partial charge on any atom is 0.222 e. The van der Waals surface area contributed by atoms with Crippen LogP contribution in [-0.4, -0.2) is 57.9 Å².